The molecule has 0 spiro atoms. The van der Waals surface area contributed by atoms with Crippen LogP contribution < -0.4 is 10.6 Å². The third kappa shape index (κ3) is 5.97. The second kappa shape index (κ2) is 11.7. The first kappa shape index (κ1) is 29.9. The number of amides is 2. The van der Waals surface area contributed by atoms with E-state index in [0.717, 1.165) is 18.4 Å². The molecule has 2 N–H and O–H groups in total. The van der Waals surface area contributed by atoms with Crippen molar-refractivity contribution in [3.63, 3.8) is 0 Å². The standard InChI is InChI=1S/C34H37BClFN2O4/c1-33(2)24-18-28(33)34(3)29(19-24)42-35(43-34)30(16-21-9-7-14-26(37)15-21)39-31(40)20-27(23-12-8-13-25(36)17-23)38-32(41)22-10-5-4-6-11-22/h4-15,17,24,27-30H,16,18-20H2,1-3H3,(H,38,41)(H,39,40)/t24?,27?,28?,29-,30+,34+/m1/s1. The van der Waals surface area contributed by atoms with Gasteiger partial charge in [-0.3, -0.25) is 9.59 Å². The van der Waals surface area contributed by atoms with Gasteiger partial charge in [0.15, 0.2) is 0 Å². The van der Waals surface area contributed by atoms with Crippen molar-refractivity contribution in [2.45, 2.75) is 70.1 Å². The van der Waals surface area contributed by atoms with Crippen molar-refractivity contribution in [2.24, 2.45) is 17.3 Å². The van der Waals surface area contributed by atoms with Gasteiger partial charge in [-0.2, -0.15) is 0 Å². The first-order chi connectivity index (χ1) is 20.5. The molecule has 1 saturated heterocycles. The predicted octanol–water partition coefficient (Wildman–Crippen LogP) is 6.34. The Bertz CT molecular complexity index is 1510. The fourth-order valence-electron chi connectivity index (χ4n) is 7.46. The first-order valence-corrected chi connectivity index (χ1v) is 15.4. The van der Waals surface area contributed by atoms with Crippen LogP contribution in [0, 0.1) is 23.1 Å². The molecule has 0 radical (unpaired) electrons. The highest BCUT2D eigenvalue weighted by atomic mass is 35.5. The van der Waals surface area contributed by atoms with Crippen LogP contribution in [0.15, 0.2) is 78.9 Å². The smallest absolute Gasteiger partial charge is 0.404 e. The van der Waals surface area contributed by atoms with Gasteiger partial charge in [0.25, 0.3) is 5.91 Å². The van der Waals surface area contributed by atoms with Gasteiger partial charge in [0.1, 0.15) is 5.82 Å². The molecule has 3 aromatic carbocycles. The van der Waals surface area contributed by atoms with Crippen LogP contribution in [0.4, 0.5) is 4.39 Å². The van der Waals surface area contributed by atoms with Crippen LogP contribution >= 0.6 is 11.6 Å². The molecule has 2 bridgehead atoms. The highest BCUT2D eigenvalue weighted by molar-refractivity contribution is 6.48. The summed E-state index contributed by atoms with van der Waals surface area (Å²) in [6.45, 7) is 6.74. The SMILES string of the molecule is CC1(C)C2CC1[C@]1(C)OB([C@H](Cc3cccc(F)c3)NC(=O)CC(NC(=O)c3ccccc3)c3cccc(Cl)c3)O[C@@H]1C2. The highest BCUT2D eigenvalue weighted by Crippen LogP contribution is 2.65. The van der Waals surface area contributed by atoms with E-state index < -0.39 is 24.7 Å². The Hall–Kier alpha value is -3.20. The summed E-state index contributed by atoms with van der Waals surface area (Å²) in [7, 11) is -0.694. The third-order valence-electron chi connectivity index (χ3n) is 9.97. The fraction of sp³-hybridized carbons (Fsp3) is 0.412. The van der Waals surface area contributed by atoms with Gasteiger partial charge in [-0.1, -0.05) is 67.9 Å². The molecule has 4 aliphatic rings. The summed E-state index contributed by atoms with van der Waals surface area (Å²) >= 11 is 6.28. The van der Waals surface area contributed by atoms with Gasteiger partial charge in [0.05, 0.1) is 30.1 Å². The van der Waals surface area contributed by atoms with Crippen molar-refractivity contribution >= 4 is 30.5 Å². The topological polar surface area (TPSA) is 76.7 Å². The first-order valence-electron chi connectivity index (χ1n) is 15.0. The molecule has 3 aromatic rings. The van der Waals surface area contributed by atoms with Crippen LogP contribution in [0.2, 0.25) is 5.02 Å². The lowest BCUT2D eigenvalue weighted by Crippen LogP contribution is -2.65. The average molecular weight is 603 g/mol. The van der Waals surface area contributed by atoms with Crippen LogP contribution in [0.5, 0.6) is 0 Å². The number of rotatable bonds is 9. The fourth-order valence-corrected chi connectivity index (χ4v) is 7.66. The second-order valence-electron chi connectivity index (χ2n) is 13.0. The lowest BCUT2D eigenvalue weighted by atomic mass is 9.43. The van der Waals surface area contributed by atoms with E-state index in [1.165, 1.54) is 12.1 Å². The van der Waals surface area contributed by atoms with E-state index in [1.807, 2.05) is 18.2 Å². The van der Waals surface area contributed by atoms with E-state index in [2.05, 4.69) is 31.4 Å². The quantitative estimate of drug-likeness (QED) is 0.281. The number of carbonyl (C=O) groups is 2. The Balaban J connectivity index is 1.23. The minimum Gasteiger partial charge on any atom is -0.404 e. The average Bonchev–Trinajstić information content (AvgIpc) is 3.34. The Morgan fingerprint density at radius 2 is 1.77 bits per heavy atom. The zero-order chi connectivity index (χ0) is 30.4. The number of benzene rings is 3. The monoisotopic (exact) mass is 602 g/mol. The minimum absolute atomic E-state index is 0.0380. The van der Waals surface area contributed by atoms with Gasteiger partial charge in [-0.25, -0.2) is 4.39 Å². The van der Waals surface area contributed by atoms with Gasteiger partial charge in [-0.05, 0) is 91.0 Å². The summed E-state index contributed by atoms with van der Waals surface area (Å²) in [5.41, 5.74) is 1.64. The van der Waals surface area contributed by atoms with Gasteiger partial charge in [0, 0.05) is 10.6 Å². The van der Waals surface area contributed by atoms with Crippen molar-refractivity contribution in [2.75, 3.05) is 0 Å². The van der Waals surface area contributed by atoms with Gasteiger partial charge in [-0.15, -0.1) is 0 Å². The summed E-state index contributed by atoms with van der Waals surface area (Å²) in [6, 6.07) is 21.7. The molecule has 3 aliphatic carbocycles. The van der Waals surface area contributed by atoms with E-state index in [9.17, 15) is 14.0 Å². The number of nitrogens with one attached hydrogen (secondary N) is 2. The van der Waals surface area contributed by atoms with Crippen molar-refractivity contribution in [3.8, 4) is 0 Å². The molecule has 6 nitrogen and oxygen atoms in total. The molecule has 0 aromatic heterocycles. The number of hydrogen-bond donors (Lipinski definition) is 2. The van der Waals surface area contributed by atoms with Crippen LogP contribution in [0.1, 0.15) is 67.6 Å². The van der Waals surface area contributed by atoms with E-state index >= 15 is 0 Å². The summed E-state index contributed by atoms with van der Waals surface area (Å²) < 4.78 is 27.4. The van der Waals surface area contributed by atoms with Gasteiger partial charge < -0.3 is 19.9 Å². The Kier molecular flexibility index (Phi) is 8.13. The molecule has 7 rings (SSSR count). The molecule has 3 unspecified atom stereocenters. The maximum Gasteiger partial charge on any atom is 0.482 e. The normalized spacial score (nSPS) is 26.5. The molecule has 43 heavy (non-hydrogen) atoms. The highest BCUT2D eigenvalue weighted by Gasteiger charge is 2.68. The van der Waals surface area contributed by atoms with Gasteiger partial charge >= 0.3 is 7.12 Å². The minimum atomic E-state index is -0.694. The summed E-state index contributed by atoms with van der Waals surface area (Å²) in [5.74, 6) is -0.557. The predicted molar refractivity (Wildman–Crippen MR) is 165 cm³/mol. The largest absolute Gasteiger partial charge is 0.482 e. The Morgan fingerprint density at radius 3 is 2.49 bits per heavy atom. The molecule has 2 amide bonds. The van der Waals surface area contributed by atoms with Crippen molar-refractivity contribution < 1.29 is 23.3 Å². The molecule has 3 saturated carbocycles. The van der Waals surface area contributed by atoms with Crippen molar-refractivity contribution in [1.82, 2.24) is 10.6 Å². The van der Waals surface area contributed by atoms with Crippen LogP contribution in [0.25, 0.3) is 0 Å². The molecule has 6 atom stereocenters. The number of carbonyl (C=O) groups excluding carboxylic acids is 2. The number of hydrogen-bond acceptors (Lipinski definition) is 4. The van der Waals surface area contributed by atoms with Crippen molar-refractivity contribution in [3.05, 3.63) is 106 Å². The summed E-state index contributed by atoms with van der Waals surface area (Å²) in [6.07, 6.45) is 2.25. The maximum atomic E-state index is 14.2. The molecule has 9 heteroatoms. The lowest BCUT2D eigenvalue weighted by Gasteiger charge is -2.64. The van der Waals surface area contributed by atoms with Crippen LogP contribution in [-0.2, 0) is 20.5 Å². The lowest BCUT2D eigenvalue weighted by molar-refractivity contribution is -0.199. The summed E-state index contributed by atoms with van der Waals surface area (Å²) in [5, 5.41) is 6.64. The maximum absolute atomic E-state index is 14.2. The molecular weight excluding hydrogens is 566 g/mol. The molecule has 4 fully saturated rings. The Morgan fingerprint density at radius 1 is 1.00 bits per heavy atom. The van der Waals surface area contributed by atoms with E-state index in [1.54, 1.807) is 48.5 Å². The van der Waals surface area contributed by atoms with Crippen molar-refractivity contribution in [1.29, 1.82) is 0 Å². The zero-order valence-corrected chi connectivity index (χ0v) is 25.4. The molecular formula is C34H37BClFN2O4. The zero-order valence-electron chi connectivity index (χ0n) is 24.7. The van der Waals surface area contributed by atoms with E-state index in [0.29, 0.717) is 34.4 Å². The van der Waals surface area contributed by atoms with E-state index in [-0.39, 0.29) is 35.6 Å². The molecule has 1 aliphatic heterocycles. The number of halogens is 2. The third-order valence-corrected chi connectivity index (χ3v) is 10.2. The molecule has 224 valence electrons. The van der Waals surface area contributed by atoms with E-state index in [4.69, 9.17) is 20.9 Å². The van der Waals surface area contributed by atoms with Crippen LogP contribution in [0.3, 0.4) is 0 Å². The van der Waals surface area contributed by atoms with Crippen LogP contribution in [-0.4, -0.2) is 36.6 Å². The van der Waals surface area contributed by atoms with Gasteiger partial charge in [0.2, 0.25) is 5.91 Å². The Labute approximate surface area is 257 Å². The summed E-state index contributed by atoms with van der Waals surface area (Å²) in [4.78, 5) is 26.9. The second-order valence-corrected chi connectivity index (χ2v) is 13.4. The molecule has 1 heterocycles.